The van der Waals surface area contributed by atoms with Crippen LogP contribution in [0.15, 0.2) is 41.3 Å². The number of pyridine rings is 2. The normalized spacial score (nSPS) is 11.7. The fourth-order valence-electron chi connectivity index (χ4n) is 2.89. The van der Waals surface area contributed by atoms with E-state index in [1.807, 2.05) is 0 Å². The Kier molecular flexibility index (Phi) is 7.54. The summed E-state index contributed by atoms with van der Waals surface area (Å²) < 4.78 is 14.3. The molecule has 2 N–H and O–H groups in total. The van der Waals surface area contributed by atoms with E-state index >= 15 is 0 Å². The van der Waals surface area contributed by atoms with Gasteiger partial charge >= 0.3 is 29.6 Å². The monoisotopic (exact) mass is 407 g/mol. The molecule has 7 nitrogen and oxygen atoms in total. The number of nitrogens with zero attached hydrogens (tertiary/aromatic N) is 2. The average molecular weight is 407 g/mol. The molecule has 3 aromatic rings. The Labute approximate surface area is 188 Å². The quantitative estimate of drug-likeness (QED) is 0.469. The third-order valence-corrected chi connectivity index (χ3v) is 4.45. The van der Waals surface area contributed by atoms with E-state index in [9.17, 15) is 19.1 Å². The van der Waals surface area contributed by atoms with Gasteiger partial charge in [0.2, 0.25) is 0 Å². The summed E-state index contributed by atoms with van der Waals surface area (Å²) in [5, 5.41) is 24.1. The van der Waals surface area contributed by atoms with Crippen LogP contribution in [0.3, 0.4) is 0 Å². The second-order valence-electron chi connectivity index (χ2n) is 6.64. The molecule has 0 aliphatic heterocycles. The molecule has 2 aromatic heterocycles. The van der Waals surface area contributed by atoms with Crippen LogP contribution < -0.4 is 45.5 Å². The van der Waals surface area contributed by atoms with E-state index in [4.69, 9.17) is 5.11 Å². The maximum atomic E-state index is 13.0. The molecule has 0 aliphatic carbocycles. The van der Waals surface area contributed by atoms with Gasteiger partial charge in [-0.2, -0.15) is 0 Å². The molecule has 0 spiro atoms. The Morgan fingerprint density at radius 1 is 1.31 bits per heavy atom. The first-order valence-corrected chi connectivity index (χ1v) is 8.66. The van der Waals surface area contributed by atoms with E-state index in [1.54, 1.807) is 25.1 Å². The molecule has 1 atom stereocenters. The van der Waals surface area contributed by atoms with E-state index in [-0.39, 0.29) is 47.5 Å². The number of aliphatic hydroxyl groups is 1. The largest absolute Gasteiger partial charge is 1.00 e. The Balaban J connectivity index is 0.00000300. The SMILES string of the molecule is C[C@@H](CO)NC(=O)c1c([O-])c2ncc(Cc3ccc(F)cc3)cc2n(C)c1=O.[Na+]. The van der Waals surface area contributed by atoms with Crippen LogP contribution in [0.25, 0.3) is 11.0 Å². The number of rotatable bonds is 5. The van der Waals surface area contributed by atoms with Crippen molar-refractivity contribution >= 4 is 16.9 Å². The van der Waals surface area contributed by atoms with Gasteiger partial charge < -0.3 is 20.1 Å². The molecule has 29 heavy (non-hydrogen) atoms. The minimum absolute atomic E-state index is 0. The van der Waals surface area contributed by atoms with Gasteiger partial charge in [0.1, 0.15) is 5.82 Å². The summed E-state index contributed by atoms with van der Waals surface area (Å²) in [5.41, 5.74) is 0.631. The Hall–Kier alpha value is -2.26. The fourth-order valence-corrected chi connectivity index (χ4v) is 2.89. The maximum absolute atomic E-state index is 13.0. The van der Waals surface area contributed by atoms with Gasteiger partial charge in [-0.1, -0.05) is 17.9 Å². The summed E-state index contributed by atoms with van der Waals surface area (Å²) >= 11 is 0. The number of aromatic nitrogens is 2. The molecule has 0 bridgehead atoms. The molecule has 1 amide bonds. The van der Waals surface area contributed by atoms with E-state index < -0.39 is 28.8 Å². The molecule has 0 saturated carbocycles. The minimum Gasteiger partial charge on any atom is -0.870 e. The molecule has 3 rings (SSSR count). The number of hydrogen-bond donors (Lipinski definition) is 2. The van der Waals surface area contributed by atoms with E-state index in [2.05, 4.69) is 10.3 Å². The number of aliphatic hydroxyl groups excluding tert-OH is 1. The first-order valence-electron chi connectivity index (χ1n) is 8.66. The number of halogens is 1. The van der Waals surface area contributed by atoms with Crippen LogP contribution in [0, 0.1) is 5.82 Å². The van der Waals surface area contributed by atoms with Crippen molar-refractivity contribution in [3.8, 4) is 5.75 Å². The average Bonchev–Trinajstić information content (AvgIpc) is 2.68. The predicted octanol–water partition coefficient (Wildman–Crippen LogP) is -2.15. The van der Waals surface area contributed by atoms with Crippen LogP contribution in [0.2, 0.25) is 0 Å². The first-order chi connectivity index (χ1) is 13.3. The van der Waals surface area contributed by atoms with Crippen molar-refractivity contribution in [2.24, 2.45) is 7.05 Å². The van der Waals surface area contributed by atoms with Gasteiger partial charge in [-0.3, -0.25) is 14.6 Å². The summed E-state index contributed by atoms with van der Waals surface area (Å²) in [4.78, 5) is 29.0. The second kappa shape index (κ2) is 9.49. The molecule has 0 saturated heterocycles. The Morgan fingerprint density at radius 2 is 1.97 bits per heavy atom. The van der Waals surface area contributed by atoms with Gasteiger partial charge in [-0.25, -0.2) is 4.39 Å². The molecular formula is C20H19FN3NaO4. The molecule has 1 aromatic carbocycles. The standard InChI is InChI=1S/C20H20FN3O4.Na/c1-11(10-25)23-19(27)16-18(26)17-15(24(2)20(16)28)8-13(9-22-17)7-12-3-5-14(21)6-4-12;/h3-6,8-9,11,25-26H,7,10H2,1-2H3,(H,23,27);/q;+1/p-1/t11-;/m0./s1. The number of hydrogen-bond acceptors (Lipinski definition) is 5. The van der Waals surface area contributed by atoms with Gasteiger partial charge in [0.25, 0.3) is 11.5 Å². The van der Waals surface area contributed by atoms with Crippen molar-refractivity contribution in [2.75, 3.05) is 6.61 Å². The summed E-state index contributed by atoms with van der Waals surface area (Å²) in [5.74, 6) is -1.93. The van der Waals surface area contributed by atoms with Gasteiger partial charge in [-0.05, 0) is 42.7 Å². The molecule has 0 fully saturated rings. The molecule has 0 unspecified atom stereocenters. The number of fused-ring (bicyclic) bond motifs is 1. The van der Waals surface area contributed by atoms with Crippen LogP contribution in [0.1, 0.15) is 28.4 Å². The molecule has 0 aliphatic rings. The van der Waals surface area contributed by atoms with Gasteiger partial charge in [0.05, 0.1) is 23.2 Å². The third kappa shape index (κ3) is 4.84. The first kappa shape index (κ1) is 23.0. The van der Waals surface area contributed by atoms with Crippen molar-refractivity contribution in [2.45, 2.75) is 19.4 Å². The van der Waals surface area contributed by atoms with Gasteiger partial charge in [-0.15, -0.1) is 0 Å². The van der Waals surface area contributed by atoms with Crippen LogP contribution in [0.5, 0.6) is 5.75 Å². The van der Waals surface area contributed by atoms with Crippen LogP contribution in [-0.4, -0.2) is 33.2 Å². The maximum Gasteiger partial charge on any atom is 1.00 e. The smallest absolute Gasteiger partial charge is 0.870 e. The van der Waals surface area contributed by atoms with E-state index in [0.29, 0.717) is 11.9 Å². The molecule has 2 heterocycles. The molecule has 9 heteroatoms. The van der Waals surface area contributed by atoms with Crippen molar-refractivity contribution in [1.82, 2.24) is 14.9 Å². The van der Waals surface area contributed by atoms with Crippen LogP contribution >= 0.6 is 0 Å². The minimum atomic E-state index is -0.841. The van der Waals surface area contributed by atoms with E-state index in [1.165, 1.54) is 29.9 Å². The van der Waals surface area contributed by atoms with Crippen molar-refractivity contribution in [1.29, 1.82) is 0 Å². The summed E-state index contributed by atoms with van der Waals surface area (Å²) in [6.07, 6.45) is 1.94. The van der Waals surface area contributed by atoms with Crippen LogP contribution in [-0.2, 0) is 13.5 Å². The zero-order valence-corrected chi connectivity index (χ0v) is 18.4. The van der Waals surface area contributed by atoms with Crippen LogP contribution in [0.4, 0.5) is 4.39 Å². The number of carbonyl (C=O) groups is 1. The van der Waals surface area contributed by atoms with Crippen molar-refractivity contribution in [3.63, 3.8) is 0 Å². The number of aryl methyl sites for hydroxylation is 1. The zero-order valence-electron chi connectivity index (χ0n) is 16.4. The number of nitrogens with one attached hydrogen (secondary N) is 1. The van der Waals surface area contributed by atoms with Gasteiger partial charge in [0.15, 0.2) is 0 Å². The second-order valence-corrected chi connectivity index (χ2v) is 6.64. The van der Waals surface area contributed by atoms with Crippen molar-refractivity contribution < 1.29 is 49.0 Å². The summed E-state index contributed by atoms with van der Waals surface area (Å²) in [7, 11) is 1.46. The fraction of sp³-hybridized carbons (Fsp3) is 0.250. The summed E-state index contributed by atoms with van der Waals surface area (Å²) in [6, 6.07) is 7.06. The molecule has 146 valence electrons. The van der Waals surface area contributed by atoms with Gasteiger partial charge in [0, 0.05) is 19.3 Å². The number of benzene rings is 1. The van der Waals surface area contributed by atoms with Crippen molar-refractivity contribution in [3.05, 3.63) is 69.4 Å². The summed E-state index contributed by atoms with van der Waals surface area (Å²) in [6.45, 7) is 1.23. The number of amides is 1. The Bertz CT molecular complexity index is 1100. The number of carbonyl (C=O) groups excluding carboxylic acids is 1. The zero-order chi connectivity index (χ0) is 20.4. The van der Waals surface area contributed by atoms with E-state index in [0.717, 1.165) is 11.1 Å². The predicted molar refractivity (Wildman–Crippen MR) is 99.7 cm³/mol. The third-order valence-electron chi connectivity index (χ3n) is 4.45. The Morgan fingerprint density at radius 3 is 2.59 bits per heavy atom. The molecule has 0 radical (unpaired) electrons. The topological polar surface area (TPSA) is 107 Å². The molecular weight excluding hydrogens is 388 g/mol.